The van der Waals surface area contributed by atoms with Crippen LogP contribution in [0.3, 0.4) is 0 Å². The number of hydrazine groups is 1. The number of carbonyl (C=O) groups is 2. The van der Waals surface area contributed by atoms with Gasteiger partial charge in [0.1, 0.15) is 0 Å². The highest BCUT2D eigenvalue weighted by Gasteiger charge is 2.50. The number of amides is 3. The molecule has 3 amide bonds. The number of nitrogens with zero attached hydrogens (tertiary/aromatic N) is 3. The molecular formula is C30H39N5O4. The molecule has 0 aromatic heterocycles. The molecule has 0 atom stereocenters. The van der Waals surface area contributed by atoms with Gasteiger partial charge in [-0.2, -0.15) is 0 Å². The van der Waals surface area contributed by atoms with Crippen molar-refractivity contribution >= 4 is 17.6 Å². The van der Waals surface area contributed by atoms with E-state index < -0.39 is 0 Å². The van der Waals surface area contributed by atoms with E-state index in [0.717, 1.165) is 50.0 Å². The predicted octanol–water partition coefficient (Wildman–Crippen LogP) is 2.71. The van der Waals surface area contributed by atoms with Crippen LogP contribution in [0.2, 0.25) is 0 Å². The number of ether oxygens (including phenoxy) is 1. The first-order valence-electron chi connectivity index (χ1n) is 14.3. The van der Waals surface area contributed by atoms with Gasteiger partial charge in [0.15, 0.2) is 0 Å². The lowest BCUT2D eigenvalue weighted by Crippen LogP contribution is -2.50. The summed E-state index contributed by atoms with van der Waals surface area (Å²) in [6.45, 7) is 5.71. The molecular weight excluding hydrogens is 494 g/mol. The fraction of sp³-hybridized carbons (Fsp3) is 0.533. The summed E-state index contributed by atoms with van der Waals surface area (Å²) in [5, 5.41) is 9.43. The van der Waals surface area contributed by atoms with Crippen LogP contribution in [0.4, 0.5) is 10.5 Å². The Morgan fingerprint density at radius 2 is 1.74 bits per heavy atom. The van der Waals surface area contributed by atoms with E-state index in [4.69, 9.17) is 4.74 Å². The van der Waals surface area contributed by atoms with Crippen molar-refractivity contribution in [2.24, 2.45) is 5.92 Å². The topological polar surface area (TPSA) is 97.4 Å². The van der Waals surface area contributed by atoms with Crippen molar-refractivity contribution in [2.75, 3.05) is 57.4 Å². The number of urea groups is 1. The molecule has 0 bridgehead atoms. The van der Waals surface area contributed by atoms with Gasteiger partial charge in [-0.05, 0) is 67.0 Å². The number of hydrogen-bond acceptors (Lipinski definition) is 6. The molecule has 9 nitrogen and oxygen atoms in total. The van der Waals surface area contributed by atoms with Gasteiger partial charge in [-0.1, -0.05) is 24.3 Å². The number of carbonyl (C=O) groups excluding carboxylic acids is 2. The van der Waals surface area contributed by atoms with Crippen LogP contribution in [0.15, 0.2) is 48.5 Å². The molecule has 39 heavy (non-hydrogen) atoms. The number of nitrogens with one attached hydrogen (secondary N) is 2. The van der Waals surface area contributed by atoms with Crippen LogP contribution in [0.5, 0.6) is 0 Å². The third-order valence-corrected chi connectivity index (χ3v) is 9.08. The largest absolute Gasteiger partial charge is 0.396 e. The summed E-state index contributed by atoms with van der Waals surface area (Å²) in [5.74, 6) is 0.743. The molecule has 0 radical (unpaired) electrons. The van der Waals surface area contributed by atoms with Crippen LogP contribution in [0.25, 0.3) is 0 Å². The monoisotopic (exact) mass is 533 g/mol. The molecule has 0 saturated carbocycles. The van der Waals surface area contributed by atoms with Gasteiger partial charge >= 0.3 is 6.03 Å². The van der Waals surface area contributed by atoms with Crippen molar-refractivity contribution in [3.8, 4) is 0 Å². The molecule has 4 saturated heterocycles. The lowest BCUT2D eigenvalue weighted by atomic mass is 9.88. The molecule has 9 heteroatoms. The van der Waals surface area contributed by atoms with Crippen LogP contribution >= 0.6 is 0 Å². The smallest absolute Gasteiger partial charge is 0.325 e. The van der Waals surface area contributed by atoms with Gasteiger partial charge in [0, 0.05) is 69.7 Å². The maximum Gasteiger partial charge on any atom is 0.325 e. The minimum Gasteiger partial charge on any atom is -0.396 e. The third kappa shape index (κ3) is 5.28. The van der Waals surface area contributed by atoms with Crippen molar-refractivity contribution in [1.29, 1.82) is 0 Å². The summed E-state index contributed by atoms with van der Waals surface area (Å²) in [6, 6.07) is 16.2. The van der Waals surface area contributed by atoms with Crippen LogP contribution < -0.4 is 15.8 Å². The Morgan fingerprint density at radius 3 is 2.44 bits per heavy atom. The van der Waals surface area contributed by atoms with Crippen LogP contribution in [0.1, 0.15) is 53.1 Å². The quantitative estimate of drug-likeness (QED) is 0.529. The van der Waals surface area contributed by atoms with E-state index in [2.05, 4.69) is 35.1 Å². The average molecular weight is 534 g/mol. The summed E-state index contributed by atoms with van der Waals surface area (Å²) in [7, 11) is 0. The molecule has 4 aliphatic heterocycles. The first-order chi connectivity index (χ1) is 19.1. The van der Waals surface area contributed by atoms with Crippen molar-refractivity contribution in [1.82, 2.24) is 20.7 Å². The number of aliphatic hydroxyl groups is 1. The summed E-state index contributed by atoms with van der Waals surface area (Å²) in [5.41, 5.74) is 9.88. The summed E-state index contributed by atoms with van der Waals surface area (Å²) in [4.78, 5) is 33.0. The lowest BCUT2D eigenvalue weighted by molar-refractivity contribution is 0.00611. The van der Waals surface area contributed by atoms with E-state index in [1.165, 1.54) is 5.56 Å². The van der Waals surface area contributed by atoms with E-state index in [-0.39, 0.29) is 30.0 Å². The Balaban J connectivity index is 1.20. The summed E-state index contributed by atoms with van der Waals surface area (Å²) in [6.07, 6.45) is 3.26. The first-order valence-corrected chi connectivity index (χ1v) is 14.3. The Labute approximate surface area is 230 Å². The van der Waals surface area contributed by atoms with Crippen LogP contribution in [0, 0.1) is 5.92 Å². The highest BCUT2D eigenvalue weighted by atomic mass is 16.5. The zero-order valence-corrected chi connectivity index (χ0v) is 22.5. The fourth-order valence-electron chi connectivity index (χ4n) is 6.52. The number of rotatable bonds is 6. The fourth-order valence-corrected chi connectivity index (χ4v) is 6.52. The van der Waals surface area contributed by atoms with E-state index in [0.29, 0.717) is 50.9 Å². The molecule has 0 unspecified atom stereocenters. The number of hydrogen-bond donors (Lipinski definition) is 3. The zero-order valence-electron chi connectivity index (χ0n) is 22.5. The summed E-state index contributed by atoms with van der Waals surface area (Å²) >= 11 is 0. The van der Waals surface area contributed by atoms with E-state index >= 15 is 0 Å². The lowest BCUT2D eigenvalue weighted by Gasteiger charge is -2.40. The van der Waals surface area contributed by atoms with Gasteiger partial charge in [0.25, 0.3) is 5.91 Å². The van der Waals surface area contributed by atoms with Crippen molar-refractivity contribution in [3.63, 3.8) is 0 Å². The number of likely N-dealkylation sites (tertiary alicyclic amines) is 1. The Hall–Kier alpha value is -2.98. The number of benzene rings is 2. The van der Waals surface area contributed by atoms with E-state index in [1.807, 2.05) is 39.0 Å². The molecule has 2 aromatic rings. The third-order valence-electron chi connectivity index (χ3n) is 9.08. The molecule has 1 spiro atoms. The van der Waals surface area contributed by atoms with Gasteiger partial charge in [0.05, 0.1) is 12.1 Å². The molecule has 4 heterocycles. The van der Waals surface area contributed by atoms with Crippen molar-refractivity contribution in [3.05, 3.63) is 65.2 Å². The maximum absolute atomic E-state index is 13.9. The Morgan fingerprint density at radius 1 is 1.03 bits per heavy atom. The molecule has 2 aromatic carbocycles. The number of anilines is 1. The standard InChI is InChI=1S/C30H39N5O4/c36-20-22-8-12-33(13-9-22)28(37)25-3-1-2-23(16-25)19-35-29(38)34(21-30(35)10-14-39-15-11-30)27-6-4-24(5-7-27)26-17-31-32-18-26/h1-7,16,22,26,31-32,36H,8-15,17-21H2. The molecule has 6 rings (SSSR count). The Bertz CT molecular complexity index is 1170. The van der Waals surface area contributed by atoms with Gasteiger partial charge < -0.3 is 19.6 Å². The van der Waals surface area contributed by atoms with Crippen LogP contribution in [-0.2, 0) is 11.3 Å². The molecule has 208 valence electrons. The van der Waals surface area contributed by atoms with Crippen molar-refractivity contribution in [2.45, 2.75) is 43.7 Å². The van der Waals surface area contributed by atoms with E-state index in [1.54, 1.807) is 0 Å². The SMILES string of the molecule is O=C(c1cccc(CN2C(=O)N(c3ccc(C4CNNC4)cc3)CC23CCOCC3)c1)N1CCC(CO)CC1. The highest BCUT2D eigenvalue weighted by molar-refractivity contribution is 5.96. The van der Waals surface area contributed by atoms with E-state index in [9.17, 15) is 14.7 Å². The van der Waals surface area contributed by atoms with Gasteiger partial charge in [-0.25, -0.2) is 4.79 Å². The molecule has 4 fully saturated rings. The normalized spacial score (nSPS) is 22.3. The maximum atomic E-state index is 13.9. The van der Waals surface area contributed by atoms with Crippen molar-refractivity contribution < 1.29 is 19.4 Å². The zero-order chi connectivity index (χ0) is 26.8. The van der Waals surface area contributed by atoms with Gasteiger partial charge in [-0.3, -0.25) is 20.5 Å². The minimum absolute atomic E-state index is 0.0108. The second-order valence-corrected chi connectivity index (χ2v) is 11.5. The Kier molecular flexibility index (Phi) is 7.57. The predicted molar refractivity (Wildman–Crippen MR) is 148 cm³/mol. The van der Waals surface area contributed by atoms with Gasteiger partial charge in [0.2, 0.25) is 0 Å². The second-order valence-electron chi connectivity index (χ2n) is 11.5. The number of aliphatic hydroxyl groups excluding tert-OH is 1. The first kappa shape index (κ1) is 26.3. The molecule has 3 N–H and O–H groups in total. The van der Waals surface area contributed by atoms with Crippen LogP contribution in [-0.4, -0.2) is 84.9 Å². The second kappa shape index (κ2) is 11.3. The minimum atomic E-state index is -0.292. The number of piperidine rings is 1. The summed E-state index contributed by atoms with van der Waals surface area (Å²) < 4.78 is 5.70. The molecule has 0 aliphatic carbocycles. The highest BCUT2D eigenvalue weighted by Crippen LogP contribution is 2.39. The van der Waals surface area contributed by atoms with Gasteiger partial charge in [-0.15, -0.1) is 0 Å². The molecule has 4 aliphatic rings. The average Bonchev–Trinajstić information content (AvgIpc) is 3.62.